The van der Waals surface area contributed by atoms with E-state index in [1.165, 1.54) is 38.4 Å². The van der Waals surface area contributed by atoms with Crippen LogP contribution in [0.2, 0.25) is 5.15 Å². The van der Waals surface area contributed by atoms with E-state index >= 15 is 0 Å². The van der Waals surface area contributed by atoms with Crippen molar-refractivity contribution in [3.8, 4) is 34.3 Å². The van der Waals surface area contributed by atoms with Crippen molar-refractivity contribution in [1.82, 2.24) is 15.6 Å². The summed E-state index contributed by atoms with van der Waals surface area (Å²) in [4.78, 5) is 30.6. The first-order valence-electron chi connectivity index (χ1n) is 12.3. The molecule has 1 saturated carbocycles. The van der Waals surface area contributed by atoms with Crippen LogP contribution in [0.4, 0.5) is 4.39 Å². The Morgan fingerprint density at radius 1 is 1.10 bits per heavy atom. The number of benzene rings is 2. The smallest absolute Gasteiger partial charge is 0.256 e. The number of nitriles is 1. The van der Waals surface area contributed by atoms with Gasteiger partial charge in [-0.3, -0.25) is 9.59 Å². The molecule has 1 aliphatic carbocycles. The summed E-state index contributed by atoms with van der Waals surface area (Å²) in [5, 5.41) is 15.7. The Labute approximate surface area is 228 Å². The van der Waals surface area contributed by atoms with Crippen LogP contribution in [0.3, 0.4) is 0 Å². The third kappa shape index (κ3) is 4.79. The maximum Gasteiger partial charge on any atom is 0.256 e. The van der Waals surface area contributed by atoms with Crippen LogP contribution in [0, 0.1) is 17.1 Å². The van der Waals surface area contributed by atoms with Gasteiger partial charge in [-0.05, 0) is 73.7 Å². The normalized spacial score (nSPS) is 14.1. The van der Waals surface area contributed by atoms with Crippen LogP contribution in [0.15, 0.2) is 52.9 Å². The highest BCUT2D eigenvalue weighted by Gasteiger charge is 2.36. The molecule has 2 aromatic carbocycles. The highest BCUT2D eigenvalue weighted by molar-refractivity contribution is 6.33. The topological polar surface area (TPSA) is 117 Å². The number of methoxy groups -OCH3 is 1. The second-order valence-corrected chi connectivity index (χ2v) is 9.70. The zero-order chi connectivity index (χ0) is 27.7. The van der Waals surface area contributed by atoms with Gasteiger partial charge < -0.3 is 19.8 Å². The third-order valence-corrected chi connectivity index (χ3v) is 7.26. The fourth-order valence-electron chi connectivity index (χ4n) is 4.94. The summed E-state index contributed by atoms with van der Waals surface area (Å²) in [7, 11) is 2.95. The van der Waals surface area contributed by atoms with Gasteiger partial charge in [-0.15, -0.1) is 0 Å². The Balaban J connectivity index is 1.62. The van der Waals surface area contributed by atoms with Crippen LogP contribution in [0.1, 0.15) is 46.4 Å². The van der Waals surface area contributed by atoms with Crippen molar-refractivity contribution < 1.29 is 23.1 Å². The number of carbonyl (C=O) groups is 2. The van der Waals surface area contributed by atoms with Gasteiger partial charge in [-0.2, -0.15) is 5.26 Å². The molecule has 39 heavy (non-hydrogen) atoms. The molecule has 0 saturated heterocycles. The van der Waals surface area contributed by atoms with Gasteiger partial charge >= 0.3 is 0 Å². The maximum atomic E-state index is 13.5. The number of carbonyl (C=O) groups excluding carboxylic acids is 2. The number of ether oxygens (including phenoxy) is 1. The van der Waals surface area contributed by atoms with Crippen LogP contribution in [-0.2, 0) is 0 Å². The molecule has 0 bridgehead atoms. The number of aromatic nitrogens is 1. The van der Waals surface area contributed by atoms with E-state index in [0.717, 1.165) is 12.8 Å². The first-order valence-corrected chi connectivity index (χ1v) is 12.7. The average Bonchev–Trinajstić information content (AvgIpc) is 3.57. The van der Waals surface area contributed by atoms with E-state index in [4.69, 9.17) is 20.8 Å². The lowest BCUT2D eigenvalue weighted by molar-refractivity contribution is 0.0916. The van der Waals surface area contributed by atoms with Gasteiger partial charge in [0.1, 0.15) is 28.0 Å². The maximum absolute atomic E-state index is 13.5. The first kappa shape index (κ1) is 26.2. The molecule has 2 amide bonds. The molecular formula is C29H24ClFN4O4. The predicted octanol–water partition coefficient (Wildman–Crippen LogP) is 5.89. The van der Waals surface area contributed by atoms with Gasteiger partial charge in [0.15, 0.2) is 0 Å². The molecule has 0 aliphatic heterocycles. The highest BCUT2D eigenvalue weighted by atomic mass is 35.5. The molecule has 2 N–H and O–H groups in total. The van der Waals surface area contributed by atoms with E-state index in [1.54, 1.807) is 24.3 Å². The van der Waals surface area contributed by atoms with Crippen molar-refractivity contribution in [2.75, 3.05) is 14.2 Å². The molecule has 198 valence electrons. The molecule has 5 rings (SSSR count). The fraction of sp³-hybridized carbons (Fsp3) is 0.241. The number of rotatable bonds is 6. The minimum absolute atomic E-state index is 0.0891. The second-order valence-electron chi connectivity index (χ2n) is 9.34. The van der Waals surface area contributed by atoms with Crippen LogP contribution in [0.5, 0.6) is 5.75 Å². The lowest BCUT2D eigenvalue weighted by Crippen LogP contribution is -2.45. The Morgan fingerprint density at radius 3 is 2.44 bits per heavy atom. The lowest BCUT2D eigenvalue weighted by Gasteiger charge is -2.22. The third-order valence-electron chi connectivity index (χ3n) is 6.98. The van der Waals surface area contributed by atoms with Crippen LogP contribution >= 0.6 is 11.6 Å². The zero-order valence-electron chi connectivity index (χ0n) is 21.2. The number of furan rings is 1. The Kier molecular flexibility index (Phi) is 6.98. The van der Waals surface area contributed by atoms with Crippen molar-refractivity contribution in [2.45, 2.75) is 31.2 Å². The summed E-state index contributed by atoms with van der Waals surface area (Å²) in [5.74, 6) is -0.724. The Morgan fingerprint density at radius 2 is 1.79 bits per heavy atom. The molecule has 4 aromatic rings. The number of halogens is 2. The highest BCUT2D eigenvalue weighted by Crippen LogP contribution is 2.39. The van der Waals surface area contributed by atoms with Crippen molar-refractivity contribution in [3.63, 3.8) is 0 Å². The number of hydrogen-bond donors (Lipinski definition) is 2. The Hall–Kier alpha value is -4.42. The van der Waals surface area contributed by atoms with Crippen LogP contribution < -0.4 is 15.4 Å². The van der Waals surface area contributed by atoms with Gasteiger partial charge in [0.05, 0.1) is 29.7 Å². The molecule has 0 spiro atoms. The van der Waals surface area contributed by atoms with Crippen molar-refractivity contribution in [3.05, 3.63) is 70.6 Å². The SMILES string of the molecule is CNC(=O)c1c(-c2ccc(F)cc2)oc2nc(Cl)c(-c3ccc(OC)c(C(=O)NC4(C#N)CCCC4)c3)cc12. The molecule has 0 atom stereocenters. The minimum Gasteiger partial charge on any atom is -0.496 e. The molecule has 8 nitrogen and oxygen atoms in total. The fourth-order valence-corrected chi connectivity index (χ4v) is 5.18. The predicted molar refractivity (Wildman–Crippen MR) is 144 cm³/mol. The minimum atomic E-state index is -0.911. The number of hydrogen-bond acceptors (Lipinski definition) is 6. The first-order chi connectivity index (χ1) is 18.8. The molecular weight excluding hydrogens is 523 g/mol. The quantitative estimate of drug-likeness (QED) is 0.291. The van der Waals surface area contributed by atoms with Crippen molar-refractivity contribution >= 4 is 34.5 Å². The van der Waals surface area contributed by atoms with Gasteiger partial charge in [-0.25, -0.2) is 9.37 Å². The molecule has 2 heterocycles. The van der Waals surface area contributed by atoms with E-state index in [9.17, 15) is 19.2 Å². The number of nitrogens with zero attached hydrogens (tertiary/aromatic N) is 2. The van der Waals surface area contributed by atoms with E-state index in [2.05, 4.69) is 21.7 Å². The number of pyridine rings is 1. The van der Waals surface area contributed by atoms with Crippen molar-refractivity contribution in [1.29, 1.82) is 5.26 Å². The molecule has 0 radical (unpaired) electrons. The summed E-state index contributed by atoms with van der Waals surface area (Å²) in [6.07, 6.45) is 2.90. The van der Waals surface area contributed by atoms with Crippen molar-refractivity contribution in [2.24, 2.45) is 0 Å². The van der Waals surface area contributed by atoms with Crippen LogP contribution in [-0.4, -0.2) is 36.5 Å². The van der Waals surface area contributed by atoms with Crippen LogP contribution in [0.25, 0.3) is 33.6 Å². The number of nitrogens with one attached hydrogen (secondary N) is 2. The van der Waals surface area contributed by atoms with Gasteiger partial charge in [-0.1, -0.05) is 17.7 Å². The van der Waals surface area contributed by atoms with Gasteiger partial charge in [0.25, 0.3) is 11.8 Å². The summed E-state index contributed by atoms with van der Waals surface area (Å²) in [6, 6.07) is 14.5. The zero-order valence-corrected chi connectivity index (χ0v) is 22.0. The average molecular weight is 547 g/mol. The molecule has 1 aliphatic rings. The largest absolute Gasteiger partial charge is 0.496 e. The summed E-state index contributed by atoms with van der Waals surface area (Å²) in [5.41, 5.74) is 1.16. The number of amides is 2. The van der Waals surface area contributed by atoms with Gasteiger partial charge in [0.2, 0.25) is 5.71 Å². The van der Waals surface area contributed by atoms with E-state index < -0.39 is 23.2 Å². The Bertz CT molecular complexity index is 1640. The second kappa shape index (κ2) is 10.4. The van der Waals surface area contributed by atoms with E-state index in [0.29, 0.717) is 40.7 Å². The van der Waals surface area contributed by atoms with Gasteiger partial charge in [0, 0.05) is 18.2 Å². The monoisotopic (exact) mass is 546 g/mol. The molecule has 2 aromatic heterocycles. The van der Waals surface area contributed by atoms with E-state index in [1.807, 2.05) is 0 Å². The number of fused-ring (bicyclic) bond motifs is 1. The lowest BCUT2D eigenvalue weighted by atomic mass is 9.97. The molecule has 1 fully saturated rings. The summed E-state index contributed by atoms with van der Waals surface area (Å²) in [6.45, 7) is 0. The summed E-state index contributed by atoms with van der Waals surface area (Å²) >= 11 is 6.57. The standard InChI is InChI=1S/C29H24ClFN4O4/c1-33-27(37)23-21-14-19(25(30)34-28(21)39-24(23)16-5-8-18(31)9-6-16)17-7-10-22(38-2)20(13-17)26(36)35-29(15-32)11-3-4-12-29/h5-10,13-14H,3-4,11-12H2,1-2H3,(H,33,37)(H,35,36). The summed E-state index contributed by atoms with van der Waals surface area (Å²) < 4.78 is 24.9. The molecule has 10 heteroatoms. The molecule has 0 unspecified atom stereocenters. The van der Waals surface area contributed by atoms with E-state index in [-0.39, 0.29) is 27.8 Å².